The van der Waals surface area contributed by atoms with Crippen LogP contribution in [0.3, 0.4) is 0 Å². The molecule has 0 fully saturated rings. The summed E-state index contributed by atoms with van der Waals surface area (Å²) in [6, 6.07) is 0. The van der Waals surface area contributed by atoms with Gasteiger partial charge in [-0.3, -0.25) is 9.59 Å². The van der Waals surface area contributed by atoms with E-state index in [1.165, 1.54) is 4.90 Å². The zero-order valence-corrected chi connectivity index (χ0v) is 10.4. The maximum atomic E-state index is 11.2. The van der Waals surface area contributed by atoms with Crippen LogP contribution in [0.15, 0.2) is 0 Å². The van der Waals surface area contributed by atoms with Gasteiger partial charge in [-0.25, -0.2) is 0 Å². The molecule has 5 heteroatoms. The van der Waals surface area contributed by atoms with Gasteiger partial charge in [0.15, 0.2) is 0 Å². The van der Waals surface area contributed by atoms with Gasteiger partial charge in [-0.05, 0) is 6.42 Å². The van der Waals surface area contributed by atoms with E-state index in [-0.39, 0.29) is 18.4 Å². The second kappa shape index (κ2) is 9.15. The first-order chi connectivity index (χ1) is 7.57. The van der Waals surface area contributed by atoms with Crippen molar-refractivity contribution in [2.24, 2.45) is 0 Å². The Hall–Kier alpha value is -1.10. The van der Waals surface area contributed by atoms with Gasteiger partial charge < -0.3 is 15.0 Å². The van der Waals surface area contributed by atoms with Crippen LogP contribution in [0.1, 0.15) is 26.2 Å². The molecule has 0 aliphatic carbocycles. The van der Waals surface area contributed by atoms with Crippen LogP contribution < -0.4 is 5.32 Å². The van der Waals surface area contributed by atoms with Gasteiger partial charge in [-0.1, -0.05) is 13.3 Å². The van der Waals surface area contributed by atoms with E-state index >= 15 is 0 Å². The van der Waals surface area contributed by atoms with Crippen molar-refractivity contribution in [1.82, 2.24) is 10.2 Å². The van der Waals surface area contributed by atoms with Crippen LogP contribution in [0, 0.1) is 0 Å². The third-order valence-corrected chi connectivity index (χ3v) is 2.04. The molecule has 16 heavy (non-hydrogen) atoms. The zero-order valence-electron chi connectivity index (χ0n) is 10.4. The SMILES string of the molecule is CCCCOC(=O)CNCCC(=O)N(C)C. The lowest BCUT2D eigenvalue weighted by Crippen LogP contribution is -2.30. The van der Waals surface area contributed by atoms with Crippen LogP contribution in [0.5, 0.6) is 0 Å². The topological polar surface area (TPSA) is 58.6 Å². The summed E-state index contributed by atoms with van der Waals surface area (Å²) >= 11 is 0. The van der Waals surface area contributed by atoms with Crippen LogP contribution in [0.4, 0.5) is 0 Å². The first-order valence-electron chi connectivity index (χ1n) is 5.64. The lowest BCUT2D eigenvalue weighted by molar-refractivity contribution is -0.142. The maximum Gasteiger partial charge on any atom is 0.319 e. The van der Waals surface area contributed by atoms with Gasteiger partial charge in [0.1, 0.15) is 0 Å². The molecule has 1 N–H and O–H groups in total. The lowest BCUT2D eigenvalue weighted by atomic mass is 10.3. The Bertz CT molecular complexity index is 217. The fraction of sp³-hybridized carbons (Fsp3) is 0.818. The van der Waals surface area contributed by atoms with Crippen molar-refractivity contribution in [2.45, 2.75) is 26.2 Å². The summed E-state index contributed by atoms with van der Waals surface area (Å²) in [7, 11) is 3.42. The highest BCUT2D eigenvalue weighted by atomic mass is 16.5. The third kappa shape index (κ3) is 8.23. The Morgan fingerprint density at radius 1 is 1.31 bits per heavy atom. The van der Waals surface area contributed by atoms with Crippen molar-refractivity contribution in [3.63, 3.8) is 0 Å². The van der Waals surface area contributed by atoms with Crippen molar-refractivity contribution in [2.75, 3.05) is 33.8 Å². The number of hydrogen-bond donors (Lipinski definition) is 1. The highest BCUT2D eigenvalue weighted by Crippen LogP contribution is 1.88. The quantitative estimate of drug-likeness (QED) is 0.484. The Morgan fingerprint density at radius 2 is 2.00 bits per heavy atom. The number of nitrogens with zero attached hydrogens (tertiary/aromatic N) is 1. The molecule has 0 unspecified atom stereocenters. The van der Waals surface area contributed by atoms with Crippen molar-refractivity contribution < 1.29 is 14.3 Å². The lowest BCUT2D eigenvalue weighted by Gasteiger charge is -2.10. The monoisotopic (exact) mass is 230 g/mol. The molecule has 0 aliphatic heterocycles. The van der Waals surface area contributed by atoms with Crippen LogP contribution >= 0.6 is 0 Å². The zero-order chi connectivity index (χ0) is 12.4. The Balaban J connectivity index is 3.37. The van der Waals surface area contributed by atoms with E-state index in [1.54, 1.807) is 14.1 Å². The number of carbonyl (C=O) groups excluding carboxylic acids is 2. The number of hydrogen-bond acceptors (Lipinski definition) is 4. The minimum atomic E-state index is -0.259. The molecule has 0 aromatic rings. The summed E-state index contributed by atoms with van der Waals surface area (Å²) < 4.78 is 4.94. The molecule has 0 saturated carbocycles. The molecule has 0 aromatic carbocycles. The first kappa shape index (κ1) is 14.9. The summed E-state index contributed by atoms with van der Waals surface area (Å²) in [4.78, 5) is 23.8. The number of unbranched alkanes of at least 4 members (excludes halogenated alkanes) is 1. The number of amides is 1. The van der Waals surface area contributed by atoms with Gasteiger partial charge in [0.05, 0.1) is 13.2 Å². The second-order valence-electron chi connectivity index (χ2n) is 3.79. The highest BCUT2D eigenvalue weighted by Gasteiger charge is 2.04. The van der Waals surface area contributed by atoms with Crippen molar-refractivity contribution >= 4 is 11.9 Å². The third-order valence-electron chi connectivity index (χ3n) is 2.04. The fourth-order valence-corrected chi connectivity index (χ4v) is 0.991. The van der Waals surface area contributed by atoms with E-state index in [1.807, 2.05) is 6.92 Å². The molecule has 0 spiro atoms. The van der Waals surface area contributed by atoms with E-state index in [9.17, 15) is 9.59 Å². The molecule has 0 rings (SSSR count). The number of rotatable bonds is 8. The molecular weight excluding hydrogens is 208 g/mol. The highest BCUT2D eigenvalue weighted by molar-refractivity contribution is 5.76. The maximum absolute atomic E-state index is 11.2. The second-order valence-corrected chi connectivity index (χ2v) is 3.79. The van der Waals surface area contributed by atoms with E-state index in [2.05, 4.69) is 5.32 Å². The van der Waals surface area contributed by atoms with Gasteiger partial charge in [0.25, 0.3) is 0 Å². The van der Waals surface area contributed by atoms with E-state index < -0.39 is 0 Å². The molecule has 0 heterocycles. The first-order valence-corrected chi connectivity index (χ1v) is 5.64. The molecule has 1 amide bonds. The van der Waals surface area contributed by atoms with E-state index in [0.717, 1.165) is 12.8 Å². The summed E-state index contributed by atoms with van der Waals surface area (Å²) in [5.41, 5.74) is 0. The predicted octanol–water partition coefficient (Wildman–Crippen LogP) is 0.398. The molecule has 0 saturated heterocycles. The smallest absolute Gasteiger partial charge is 0.319 e. The van der Waals surface area contributed by atoms with Gasteiger partial charge in [0, 0.05) is 27.1 Å². The van der Waals surface area contributed by atoms with Crippen LogP contribution in [-0.4, -0.2) is 50.6 Å². The van der Waals surface area contributed by atoms with E-state index in [4.69, 9.17) is 4.74 Å². The van der Waals surface area contributed by atoms with Crippen molar-refractivity contribution in [3.05, 3.63) is 0 Å². The number of ether oxygens (including phenoxy) is 1. The van der Waals surface area contributed by atoms with Crippen LogP contribution in [0.25, 0.3) is 0 Å². The molecule has 5 nitrogen and oxygen atoms in total. The van der Waals surface area contributed by atoms with Gasteiger partial charge >= 0.3 is 5.97 Å². The van der Waals surface area contributed by atoms with Gasteiger partial charge in [-0.15, -0.1) is 0 Å². The minimum absolute atomic E-state index is 0.0480. The number of nitrogens with one attached hydrogen (secondary N) is 1. The molecule has 94 valence electrons. The molecule has 0 aromatic heterocycles. The summed E-state index contributed by atoms with van der Waals surface area (Å²) in [5, 5.41) is 2.88. The van der Waals surface area contributed by atoms with Crippen molar-refractivity contribution in [1.29, 1.82) is 0 Å². The normalized spacial score (nSPS) is 9.94. The average Bonchev–Trinajstić information content (AvgIpc) is 2.24. The van der Waals surface area contributed by atoms with Gasteiger partial charge in [0.2, 0.25) is 5.91 Å². The van der Waals surface area contributed by atoms with Crippen molar-refractivity contribution in [3.8, 4) is 0 Å². The average molecular weight is 230 g/mol. The molecule has 0 aliphatic rings. The largest absolute Gasteiger partial charge is 0.465 e. The van der Waals surface area contributed by atoms with Crippen LogP contribution in [0.2, 0.25) is 0 Å². The molecule has 0 radical (unpaired) electrons. The number of esters is 1. The Kier molecular flexibility index (Phi) is 8.52. The summed E-state index contributed by atoms with van der Waals surface area (Å²) in [6.07, 6.45) is 2.30. The van der Waals surface area contributed by atoms with E-state index in [0.29, 0.717) is 19.6 Å². The standard InChI is InChI=1S/C11H22N2O3/c1-4-5-8-16-11(15)9-12-7-6-10(14)13(2)3/h12H,4-9H2,1-3H3. The predicted molar refractivity (Wildman–Crippen MR) is 62.0 cm³/mol. The van der Waals surface area contributed by atoms with Crippen LogP contribution in [-0.2, 0) is 14.3 Å². The Morgan fingerprint density at radius 3 is 2.56 bits per heavy atom. The Labute approximate surface area is 97.1 Å². The fourth-order valence-electron chi connectivity index (χ4n) is 0.991. The minimum Gasteiger partial charge on any atom is -0.465 e. The molecule has 0 atom stereocenters. The molecule has 0 bridgehead atoms. The number of carbonyl (C=O) groups is 2. The van der Waals surface area contributed by atoms with Gasteiger partial charge in [-0.2, -0.15) is 0 Å². The molecular formula is C11H22N2O3. The summed E-state index contributed by atoms with van der Waals surface area (Å²) in [6.45, 7) is 3.19. The summed E-state index contributed by atoms with van der Waals surface area (Å²) in [5.74, 6) is -0.211.